The van der Waals surface area contributed by atoms with Crippen LogP contribution in [0.3, 0.4) is 0 Å². The van der Waals surface area contributed by atoms with Crippen molar-refractivity contribution in [2.75, 3.05) is 12.8 Å². The van der Waals surface area contributed by atoms with Gasteiger partial charge in [0, 0.05) is 17.5 Å². The Kier molecular flexibility index (Phi) is 4.13. The molecule has 1 aliphatic carbocycles. The molecule has 5 heteroatoms. The number of rotatable bonds is 3. The first-order valence-corrected chi connectivity index (χ1v) is 7.72. The lowest BCUT2D eigenvalue weighted by atomic mass is 9.88. The highest BCUT2D eigenvalue weighted by atomic mass is 16.5. The van der Waals surface area contributed by atoms with Crippen LogP contribution in [0.4, 0.5) is 5.69 Å². The number of aromatic nitrogens is 2. The maximum atomic E-state index is 12.0. The van der Waals surface area contributed by atoms with Crippen LogP contribution in [0.1, 0.15) is 43.8 Å². The third-order valence-electron chi connectivity index (χ3n) is 4.28. The summed E-state index contributed by atoms with van der Waals surface area (Å²) in [6.45, 7) is 0. The van der Waals surface area contributed by atoms with Gasteiger partial charge in [-0.3, -0.25) is 4.79 Å². The first-order valence-electron chi connectivity index (χ1n) is 7.72. The fourth-order valence-electron chi connectivity index (χ4n) is 3.09. The van der Waals surface area contributed by atoms with Crippen LogP contribution in [0.5, 0.6) is 5.75 Å². The molecule has 0 amide bonds. The summed E-state index contributed by atoms with van der Waals surface area (Å²) in [6, 6.07) is 6.99. The van der Waals surface area contributed by atoms with Gasteiger partial charge in [-0.05, 0) is 31.0 Å². The molecule has 1 aliphatic rings. The molecule has 5 nitrogen and oxygen atoms in total. The third-order valence-corrected chi connectivity index (χ3v) is 4.28. The zero-order chi connectivity index (χ0) is 15.5. The molecule has 3 N–H and O–H groups in total. The highest BCUT2D eigenvalue weighted by Gasteiger charge is 2.18. The Labute approximate surface area is 129 Å². The number of hydrogen-bond donors (Lipinski definition) is 2. The topological polar surface area (TPSA) is 81.0 Å². The molecule has 0 atom stereocenters. The second-order valence-electron chi connectivity index (χ2n) is 5.81. The minimum atomic E-state index is -0.111. The average Bonchev–Trinajstić information content (AvgIpc) is 2.55. The van der Waals surface area contributed by atoms with Crippen LogP contribution in [-0.4, -0.2) is 17.1 Å². The normalized spacial score (nSPS) is 15.7. The lowest BCUT2D eigenvalue weighted by Gasteiger charge is -2.21. The molecule has 3 rings (SSSR count). The van der Waals surface area contributed by atoms with Gasteiger partial charge in [0.25, 0.3) is 5.56 Å². The molecular weight excluding hydrogens is 278 g/mol. The van der Waals surface area contributed by atoms with E-state index >= 15 is 0 Å². The Bertz CT molecular complexity index is 718. The van der Waals surface area contributed by atoms with Gasteiger partial charge >= 0.3 is 0 Å². The summed E-state index contributed by atoms with van der Waals surface area (Å²) in [5.74, 6) is 1.79. The van der Waals surface area contributed by atoms with Gasteiger partial charge in [-0.15, -0.1) is 0 Å². The van der Waals surface area contributed by atoms with Crippen LogP contribution >= 0.6 is 0 Å². The fourth-order valence-corrected chi connectivity index (χ4v) is 3.09. The van der Waals surface area contributed by atoms with Crippen molar-refractivity contribution in [2.24, 2.45) is 0 Å². The standard InChI is InChI=1S/C17H21N3O2/c1-22-15-8-7-12(9-13(15)18)14-10-16(21)20-17(19-14)11-5-3-2-4-6-11/h7-11H,2-6,18H2,1H3,(H,19,20,21). The fraction of sp³-hybridized carbons (Fsp3) is 0.412. The van der Waals surface area contributed by atoms with Crippen molar-refractivity contribution in [3.8, 4) is 17.0 Å². The summed E-state index contributed by atoms with van der Waals surface area (Å²) < 4.78 is 5.17. The van der Waals surface area contributed by atoms with Gasteiger partial charge in [-0.25, -0.2) is 4.98 Å². The van der Waals surface area contributed by atoms with Crippen LogP contribution in [0, 0.1) is 0 Å². The second-order valence-corrected chi connectivity index (χ2v) is 5.81. The van der Waals surface area contributed by atoms with Crippen LogP contribution in [0.25, 0.3) is 11.3 Å². The van der Waals surface area contributed by atoms with Crippen molar-refractivity contribution in [1.82, 2.24) is 9.97 Å². The number of nitrogens with zero attached hydrogens (tertiary/aromatic N) is 1. The van der Waals surface area contributed by atoms with Crippen molar-refractivity contribution < 1.29 is 4.74 Å². The zero-order valence-electron chi connectivity index (χ0n) is 12.8. The zero-order valence-corrected chi connectivity index (χ0v) is 12.8. The van der Waals surface area contributed by atoms with E-state index in [1.54, 1.807) is 19.2 Å². The van der Waals surface area contributed by atoms with Crippen molar-refractivity contribution in [3.63, 3.8) is 0 Å². The summed E-state index contributed by atoms with van der Waals surface area (Å²) >= 11 is 0. The smallest absolute Gasteiger partial charge is 0.251 e. The van der Waals surface area contributed by atoms with E-state index in [-0.39, 0.29) is 5.56 Å². The van der Waals surface area contributed by atoms with E-state index in [1.165, 1.54) is 25.3 Å². The van der Waals surface area contributed by atoms with Gasteiger partial charge in [-0.1, -0.05) is 19.3 Å². The van der Waals surface area contributed by atoms with Gasteiger partial charge in [0.2, 0.25) is 0 Å². The number of ether oxygens (including phenoxy) is 1. The number of H-pyrrole nitrogens is 1. The van der Waals surface area contributed by atoms with E-state index in [9.17, 15) is 4.79 Å². The molecule has 0 unspecified atom stereocenters. The molecule has 116 valence electrons. The monoisotopic (exact) mass is 299 g/mol. The maximum absolute atomic E-state index is 12.0. The predicted octanol–water partition coefficient (Wildman–Crippen LogP) is 3.08. The number of methoxy groups -OCH3 is 1. The SMILES string of the molecule is COc1ccc(-c2cc(=O)[nH]c(C3CCCCC3)n2)cc1N. The lowest BCUT2D eigenvalue weighted by Crippen LogP contribution is -2.16. The lowest BCUT2D eigenvalue weighted by molar-refractivity contribution is 0.417. The Morgan fingerprint density at radius 3 is 2.68 bits per heavy atom. The molecule has 0 spiro atoms. The first kappa shape index (κ1) is 14.6. The Balaban J connectivity index is 1.98. The summed E-state index contributed by atoms with van der Waals surface area (Å²) in [6.07, 6.45) is 5.87. The molecule has 1 heterocycles. The van der Waals surface area contributed by atoms with E-state index in [0.29, 0.717) is 23.0 Å². The van der Waals surface area contributed by atoms with E-state index in [1.807, 2.05) is 6.07 Å². The van der Waals surface area contributed by atoms with Crippen LogP contribution in [-0.2, 0) is 0 Å². The average molecular weight is 299 g/mol. The minimum absolute atomic E-state index is 0.111. The number of benzene rings is 1. The van der Waals surface area contributed by atoms with Crippen molar-refractivity contribution >= 4 is 5.69 Å². The van der Waals surface area contributed by atoms with Crippen LogP contribution in [0.15, 0.2) is 29.1 Å². The quantitative estimate of drug-likeness (QED) is 0.853. The predicted molar refractivity (Wildman–Crippen MR) is 87.1 cm³/mol. The van der Waals surface area contributed by atoms with Crippen molar-refractivity contribution in [1.29, 1.82) is 0 Å². The van der Waals surface area contributed by atoms with Gasteiger partial charge in [0.1, 0.15) is 11.6 Å². The number of nitrogens with two attached hydrogens (primary N) is 1. The highest BCUT2D eigenvalue weighted by Crippen LogP contribution is 2.32. The number of aromatic amines is 1. The van der Waals surface area contributed by atoms with Gasteiger partial charge in [-0.2, -0.15) is 0 Å². The number of nitrogen functional groups attached to an aromatic ring is 1. The van der Waals surface area contributed by atoms with Gasteiger partial charge in [0.05, 0.1) is 18.5 Å². The van der Waals surface area contributed by atoms with Gasteiger partial charge < -0.3 is 15.5 Å². The summed E-state index contributed by atoms with van der Waals surface area (Å²) in [5.41, 5.74) is 7.88. The largest absolute Gasteiger partial charge is 0.495 e. The summed E-state index contributed by atoms with van der Waals surface area (Å²) in [7, 11) is 1.58. The molecule has 1 saturated carbocycles. The summed E-state index contributed by atoms with van der Waals surface area (Å²) in [5, 5.41) is 0. The molecule has 1 aromatic carbocycles. The molecule has 1 fully saturated rings. The molecule has 0 bridgehead atoms. The molecule has 2 aromatic rings. The summed E-state index contributed by atoms with van der Waals surface area (Å²) in [4.78, 5) is 19.6. The molecule has 22 heavy (non-hydrogen) atoms. The molecule has 1 aromatic heterocycles. The number of hydrogen-bond acceptors (Lipinski definition) is 4. The van der Waals surface area contributed by atoms with E-state index in [4.69, 9.17) is 10.5 Å². The van der Waals surface area contributed by atoms with E-state index < -0.39 is 0 Å². The Hall–Kier alpha value is -2.30. The van der Waals surface area contributed by atoms with Crippen LogP contribution < -0.4 is 16.0 Å². The molecule has 0 saturated heterocycles. The van der Waals surface area contributed by atoms with E-state index in [2.05, 4.69) is 9.97 Å². The van der Waals surface area contributed by atoms with Gasteiger partial charge in [0.15, 0.2) is 0 Å². The Morgan fingerprint density at radius 1 is 1.23 bits per heavy atom. The molecule has 0 aliphatic heterocycles. The number of nitrogens with one attached hydrogen (secondary N) is 1. The number of anilines is 1. The minimum Gasteiger partial charge on any atom is -0.495 e. The highest BCUT2D eigenvalue weighted by molar-refractivity contribution is 5.68. The molecule has 0 radical (unpaired) electrons. The maximum Gasteiger partial charge on any atom is 0.251 e. The Morgan fingerprint density at radius 2 is 2.00 bits per heavy atom. The van der Waals surface area contributed by atoms with E-state index in [0.717, 1.165) is 24.2 Å². The van der Waals surface area contributed by atoms with Crippen LogP contribution in [0.2, 0.25) is 0 Å². The first-order chi connectivity index (χ1) is 10.7. The van der Waals surface area contributed by atoms with Crippen molar-refractivity contribution in [3.05, 3.63) is 40.4 Å². The third kappa shape index (κ3) is 2.98. The van der Waals surface area contributed by atoms with Crippen molar-refractivity contribution in [2.45, 2.75) is 38.0 Å². The second kappa shape index (κ2) is 6.22. The molecular formula is C17H21N3O2.